The van der Waals surface area contributed by atoms with Crippen LogP contribution in [0.3, 0.4) is 0 Å². The summed E-state index contributed by atoms with van der Waals surface area (Å²) in [6, 6.07) is 17.1. The van der Waals surface area contributed by atoms with Gasteiger partial charge in [0, 0.05) is 13.1 Å². The van der Waals surface area contributed by atoms with Gasteiger partial charge in [0.15, 0.2) is 0 Å². The fourth-order valence-electron chi connectivity index (χ4n) is 6.17. The van der Waals surface area contributed by atoms with Crippen LogP contribution in [0.1, 0.15) is 66.3 Å². The zero-order chi connectivity index (χ0) is 30.6. The molecule has 2 saturated heterocycles. The van der Waals surface area contributed by atoms with E-state index >= 15 is 0 Å². The minimum atomic E-state index is -0.250. The predicted molar refractivity (Wildman–Crippen MR) is 175 cm³/mol. The Kier molecular flexibility index (Phi) is 12.8. The molecule has 43 heavy (non-hydrogen) atoms. The molecule has 0 bridgehead atoms. The quantitative estimate of drug-likeness (QED) is 0.176. The van der Waals surface area contributed by atoms with Crippen molar-refractivity contribution in [2.24, 2.45) is 0 Å². The van der Waals surface area contributed by atoms with Gasteiger partial charge >= 0.3 is 0 Å². The molecular formula is C36H47ClN2O4. The predicted octanol–water partition coefficient (Wildman–Crippen LogP) is 8.06. The van der Waals surface area contributed by atoms with Crippen LogP contribution in [0, 0.1) is 20.8 Å². The van der Waals surface area contributed by atoms with E-state index in [1.54, 1.807) is 0 Å². The molecule has 0 aliphatic carbocycles. The molecule has 0 amide bonds. The molecule has 0 unspecified atom stereocenters. The van der Waals surface area contributed by atoms with Gasteiger partial charge in [0.1, 0.15) is 18.1 Å². The van der Waals surface area contributed by atoms with Crippen molar-refractivity contribution in [3.63, 3.8) is 0 Å². The van der Waals surface area contributed by atoms with Gasteiger partial charge in [-0.2, -0.15) is 0 Å². The van der Waals surface area contributed by atoms with E-state index in [1.807, 2.05) is 6.07 Å². The Bertz CT molecular complexity index is 1330. The van der Waals surface area contributed by atoms with E-state index in [4.69, 9.17) is 31.0 Å². The highest BCUT2D eigenvalue weighted by Crippen LogP contribution is 2.35. The van der Waals surface area contributed by atoms with E-state index in [9.17, 15) is 0 Å². The molecule has 2 aliphatic rings. The second-order valence-corrected chi connectivity index (χ2v) is 12.0. The highest BCUT2D eigenvalue weighted by atomic mass is 35.5. The van der Waals surface area contributed by atoms with Gasteiger partial charge in [0.05, 0.1) is 11.6 Å². The SMILES string of the molecule is Cc1c(COc2ccc(CN3CCCCC3)c(C)c2Cl)cccc1-c1cccc(OCCCN2CCCC2)c1C.O=CO. The Labute approximate surface area is 262 Å². The second-order valence-electron chi connectivity index (χ2n) is 11.7. The molecule has 0 atom stereocenters. The lowest BCUT2D eigenvalue weighted by Crippen LogP contribution is -2.29. The van der Waals surface area contributed by atoms with Crippen LogP contribution >= 0.6 is 11.6 Å². The maximum Gasteiger partial charge on any atom is 0.290 e. The normalized spacial score (nSPS) is 15.5. The van der Waals surface area contributed by atoms with Crippen molar-refractivity contribution in [1.82, 2.24) is 9.80 Å². The average molecular weight is 607 g/mol. The highest BCUT2D eigenvalue weighted by Gasteiger charge is 2.17. The van der Waals surface area contributed by atoms with E-state index in [2.05, 4.69) is 73.0 Å². The molecule has 6 nitrogen and oxygen atoms in total. The number of ether oxygens (including phenoxy) is 2. The number of nitrogens with zero attached hydrogens (tertiary/aromatic N) is 2. The summed E-state index contributed by atoms with van der Waals surface area (Å²) >= 11 is 6.82. The van der Waals surface area contributed by atoms with Gasteiger partial charge in [-0.1, -0.05) is 54.4 Å². The van der Waals surface area contributed by atoms with E-state index in [0.29, 0.717) is 6.61 Å². The van der Waals surface area contributed by atoms with Crippen molar-refractivity contribution in [3.05, 3.63) is 81.4 Å². The van der Waals surface area contributed by atoms with Crippen molar-refractivity contribution in [3.8, 4) is 22.6 Å². The topological polar surface area (TPSA) is 62.2 Å². The summed E-state index contributed by atoms with van der Waals surface area (Å²) in [5, 5.41) is 7.62. The number of piperidine rings is 1. The van der Waals surface area contributed by atoms with Crippen molar-refractivity contribution < 1.29 is 19.4 Å². The molecule has 0 aromatic heterocycles. The first-order chi connectivity index (χ1) is 20.9. The van der Waals surface area contributed by atoms with E-state index in [0.717, 1.165) is 48.2 Å². The van der Waals surface area contributed by atoms with E-state index < -0.39 is 0 Å². The molecule has 3 aromatic rings. The minimum absolute atomic E-state index is 0.250. The third-order valence-corrected chi connectivity index (χ3v) is 9.25. The van der Waals surface area contributed by atoms with Gasteiger partial charge < -0.3 is 19.5 Å². The maximum atomic E-state index is 8.36. The van der Waals surface area contributed by atoms with Crippen LogP contribution in [-0.2, 0) is 17.9 Å². The van der Waals surface area contributed by atoms with Gasteiger partial charge in [0.2, 0.25) is 0 Å². The molecule has 7 heteroatoms. The van der Waals surface area contributed by atoms with Crippen LogP contribution in [0.25, 0.3) is 11.1 Å². The molecule has 0 spiro atoms. The number of likely N-dealkylation sites (tertiary alicyclic amines) is 2. The molecule has 3 aromatic carbocycles. The van der Waals surface area contributed by atoms with Gasteiger partial charge in [-0.15, -0.1) is 0 Å². The Morgan fingerprint density at radius 2 is 1.37 bits per heavy atom. The first-order valence-corrected chi connectivity index (χ1v) is 16.0. The molecular weight excluding hydrogens is 560 g/mol. The van der Waals surface area contributed by atoms with Gasteiger partial charge in [0.25, 0.3) is 6.47 Å². The third-order valence-electron chi connectivity index (χ3n) is 8.78. The van der Waals surface area contributed by atoms with Crippen LogP contribution in [0.15, 0.2) is 48.5 Å². The number of carbonyl (C=O) groups is 1. The maximum absolute atomic E-state index is 8.36. The Hall–Kier alpha value is -3.06. The molecule has 2 fully saturated rings. The summed E-state index contributed by atoms with van der Waals surface area (Å²) in [4.78, 5) is 13.4. The lowest BCUT2D eigenvalue weighted by atomic mass is 9.93. The average Bonchev–Trinajstić information content (AvgIpc) is 3.54. The molecule has 0 saturated carbocycles. The molecule has 0 radical (unpaired) electrons. The lowest BCUT2D eigenvalue weighted by molar-refractivity contribution is -0.122. The summed E-state index contributed by atoms with van der Waals surface area (Å²) in [5.41, 5.74) is 8.45. The minimum Gasteiger partial charge on any atom is -0.493 e. The fraction of sp³-hybridized carbons (Fsp3) is 0.472. The van der Waals surface area contributed by atoms with E-state index in [-0.39, 0.29) is 6.47 Å². The third kappa shape index (κ3) is 8.98. The lowest BCUT2D eigenvalue weighted by Gasteiger charge is -2.27. The zero-order valence-electron chi connectivity index (χ0n) is 26.0. The smallest absolute Gasteiger partial charge is 0.290 e. The number of hydrogen-bond donors (Lipinski definition) is 1. The Morgan fingerprint density at radius 3 is 2.09 bits per heavy atom. The first kappa shape index (κ1) is 32.8. The number of carboxylic acid groups (broad SMARTS) is 1. The van der Waals surface area contributed by atoms with Gasteiger partial charge in [-0.3, -0.25) is 9.69 Å². The molecule has 1 N–H and O–H groups in total. The van der Waals surface area contributed by atoms with Crippen LogP contribution in [0.5, 0.6) is 11.5 Å². The van der Waals surface area contributed by atoms with Crippen molar-refractivity contribution in [2.75, 3.05) is 39.3 Å². The molecule has 232 valence electrons. The molecule has 2 heterocycles. The number of hydrogen-bond acceptors (Lipinski definition) is 5. The number of rotatable bonds is 11. The molecule has 5 rings (SSSR count). The number of benzene rings is 3. The van der Waals surface area contributed by atoms with Gasteiger partial charge in [-0.05, 0) is 130 Å². The van der Waals surface area contributed by atoms with Crippen molar-refractivity contribution >= 4 is 18.1 Å². The monoisotopic (exact) mass is 606 g/mol. The van der Waals surface area contributed by atoms with Crippen molar-refractivity contribution in [2.45, 2.75) is 72.4 Å². The van der Waals surface area contributed by atoms with Crippen LogP contribution in [-0.4, -0.2) is 60.7 Å². The number of halogens is 1. The summed E-state index contributed by atoms with van der Waals surface area (Å²) < 4.78 is 12.6. The summed E-state index contributed by atoms with van der Waals surface area (Å²) in [5.74, 6) is 1.73. The standard InChI is InChI=1S/C35H45ClN2O2.CH2O2/c1-26-30(25-40-34-17-16-29(27(2)35(34)36)24-38-20-5-4-6-21-38)12-9-13-31(26)32-14-10-15-33(28(32)3)39-23-11-22-37-18-7-8-19-37;2-1-3/h9-10,12-17H,4-8,11,18-25H2,1-3H3;1H,(H,2,3). The second kappa shape index (κ2) is 16.7. The van der Waals surface area contributed by atoms with Gasteiger partial charge in [-0.25, -0.2) is 0 Å². The summed E-state index contributed by atoms with van der Waals surface area (Å²) in [6.07, 6.45) is 7.68. The van der Waals surface area contributed by atoms with Crippen LogP contribution < -0.4 is 9.47 Å². The Morgan fingerprint density at radius 1 is 0.744 bits per heavy atom. The largest absolute Gasteiger partial charge is 0.493 e. The highest BCUT2D eigenvalue weighted by molar-refractivity contribution is 6.32. The van der Waals surface area contributed by atoms with Crippen LogP contribution in [0.2, 0.25) is 5.02 Å². The zero-order valence-corrected chi connectivity index (χ0v) is 26.8. The first-order valence-electron chi connectivity index (χ1n) is 15.7. The summed E-state index contributed by atoms with van der Waals surface area (Å²) in [7, 11) is 0. The fourth-order valence-corrected chi connectivity index (χ4v) is 6.41. The van der Waals surface area contributed by atoms with Crippen LogP contribution in [0.4, 0.5) is 0 Å². The van der Waals surface area contributed by atoms with Crippen molar-refractivity contribution in [1.29, 1.82) is 0 Å². The summed E-state index contributed by atoms with van der Waals surface area (Å²) in [6.45, 7) is 14.4. The Balaban J connectivity index is 0.00000135. The molecule has 2 aliphatic heterocycles. The van der Waals surface area contributed by atoms with E-state index in [1.165, 1.54) is 91.7 Å².